The first-order valence-electron chi connectivity index (χ1n) is 8.32. The molecule has 1 aliphatic rings. The molecule has 1 saturated heterocycles. The Morgan fingerprint density at radius 1 is 1.36 bits per heavy atom. The number of nitrogens with zero attached hydrogens (tertiary/aromatic N) is 2. The summed E-state index contributed by atoms with van der Waals surface area (Å²) in [6.45, 7) is 6.64. The zero-order valence-corrected chi connectivity index (χ0v) is 15.3. The number of carbonyl (C=O) groups is 1. The maximum atomic E-state index is 12.7. The van der Waals surface area contributed by atoms with E-state index in [1.165, 1.54) is 11.3 Å². The Morgan fingerprint density at radius 2 is 2.08 bits per heavy atom. The predicted octanol–water partition coefficient (Wildman–Crippen LogP) is 2.49. The Bertz CT molecular complexity index is 739. The number of phenolic OH excluding ortho intramolecular Hbond substituents is 1. The van der Waals surface area contributed by atoms with E-state index in [-0.39, 0.29) is 11.7 Å². The second-order valence-electron chi connectivity index (χ2n) is 6.55. The zero-order chi connectivity index (χ0) is 17.9. The number of aromatic nitrogens is 1. The Morgan fingerprint density at radius 3 is 2.80 bits per heavy atom. The van der Waals surface area contributed by atoms with E-state index in [1.807, 2.05) is 26.0 Å². The molecule has 1 fully saturated rings. The quantitative estimate of drug-likeness (QED) is 0.856. The van der Waals surface area contributed by atoms with Crippen molar-refractivity contribution in [3.05, 3.63) is 40.9 Å². The number of hydrogen-bond acceptors (Lipinski definition) is 6. The molecule has 1 aliphatic heterocycles. The summed E-state index contributed by atoms with van der Waals surface area (Å²) < 4.78 is 5.36. The lowest BCUT2D eigenvalue weighted by Crippen LogP contribution is -2.56. The number of benzene rings is 1. The van der Waals surface area contributed by atoms with Gasteiger partial charge in [-0.2, -0.15) is 0 Å². The number of ether oxygens (including phenoxy) is 1. The lowest BCUT2D eigenvalue weighted by Gasteiger charge is -2.39. The van der Waals surface area contributed by atoms with Crippen LogP contribution in [0.3, 0.4) is 0 Å². The van der Waals surface area contributed by atoms with Gasteiger partial charge in [0.15, 0.2) is 5.13 Å². The molecule has 7 heteroatoms. The molecule has 3 rings (SSSR count). The highest BCUT2D eigenvalue weighted by Gasteiger charge is 2.35. The molecular formula is C18H23N3O3S. The van der Waals surface area contributed by atoms with Gasteiger partial charge in [-0.05, 0) is 25.5 Å². The van der Waals surface area contributed by atoms with Crippen LogP contribution in [0.25, 0.3) is 0 Å². The van der Waals surface area contributed by atoms with Gasteiger partial charge in [-0.15, -0.1) is 11.3 Å². The number of hydrogen-bond donors (Lipinski definition) is 2. The van der Waals surface area contributed by atoms with Gasteiger partial charge >= 0.3 is 0 Å². The van der Waals surface area contributed by atoms with E-state index in [9.17, 15) is 9.90 Å². The Hall–Kier alpha value is -1.96. The van der Waals surface area contributed by atoms with Crippen LogP contribution in [0.4, 0.5) is 5.13 Å². The van der Waals surface area contributed by atoms with Crippen molar-refractivity contribution in [3.8, 4) is 5.75 Å². The molecule has 2 aromatic rings. The van der Waals surface area contributed by atoms with Crippen molar-refractivity contribution in [3.63, 3.8) is 0 Å². The molecule has 0 bridgehead atoms. The van der Waals surface area contributed by atoms with Gasteiger partial charge in [0, 0.05) is 30.6 Å². The fourth-order valence-corrected chi connectivity index (χ4v) is 3.64. The van der Waals surface area contributed by atoms with E-state index in [1.54, 1.807) is 18.3 Å². The van der Waals surface area contributed by atoms with Gasteiger partial charge < -0.3 is 15.2 Å². The Kier molecular flexibility index (Phi) is 5.36. The highest BCUT2D eigenvalue weighted by atomic mass is 32.1. The van der Waals surface area contributed by atoms with Gasteiger partial charge in [0.25, 0.3) is 0 Å². The number of thiazole rings is 1. The van der Waals surface area contributed by atoms with Crippen LogP contribution in [-0.2, 0) is 16.0 Å². The molecule has 0 spiro atoms. The van der Waals surface area contributed by atoms with Crippen LogP contribution in [0.5, 0.6) is 5.75 Å². The molecule has 1 aromatic heterocycles. The highest BCUT2D eigenvalue weighted by molar-refractivity contribution is 7.15. The van der Waals surface area contributed by atoms with Crippen LogP contribution >= 0.6 is 11.3 Å². The number of nitrogens with one attached hydrogen (secondary N) is 1. The Labute approximate surface area is 151 Å². The van der Waals surface area contributed by atoms with Crippen LogP contribution in [0.15, 0.2) is 30.5 Å². The third kappa shape index (κ3) is 4.18. The van der Waals surface area contributed by atoms with Gasteiger partial charge in [0.2, 0.25) is 5.91 Å². The second kappa shape index (κ2) is 7.51. The average Bonchev–Trinajstić information content (AvgIpc) is 3.04. The Balaban J connectivity index is 1.64. The summed E-state index contributed by atoms with van der Waals surface area (Å²) >= 11 is 1.43. The average molecular weight is 361 g/mol. The van der Waals surface area contributed by atoms with Crippen molar-refractivity contribution in [2.24, 2.45) is 0 Å². The minimum atomic E-state index is -0.618. The molecule has 6 nitrogen and oxygen atoms in total. The number of carbonyl (C=O) groups excluding carboxylic acids is 1. The summed E-state index contributed by atoms with van der Waals surface area (Å²) in [6.07, 6.45) is 2.33. The molecule has 0 radical (unpaired) electrons. The molecule has 25 heavy (non-hydrogen) atoms. The highest BCUT2D eigenvalue weighted by Crippen LogP contribution is 2.26. The molecule has 2 heterocycles. The van der Waals surface area contributed by atoms with E-state index in [0.717, 1.165) is 23.5 Å². The molecule has 2 N–H and O–H groups in total. The predicted molar refractivity (Wildman–Crippen MR) is 98.1 cm³/mol. The fraction of sp³-hybridized carbons (Fsp3) is 0.444. The van der Waals surface area contributed by atoms with Gasteiger partial charge in [-0.25, -0.2) is 4.98 Å². The summed E-state index contributed by atoms with van der Waals surface area (Å²) in [5, 5.41) is 13.4. The standard InChI is InChI=1S/C18H23N3O3S/c1-18(2,21-7-9-24-10-8-21)16(23)20-17-19-12-14(25-17)11-13-5-3-4-6-15(13)22/h3-6,12,22H,7-11H2,1-2H3,(H,19,20,23). The van der Waals surface area contributed by atoms with Crippen LogP contribution < -0.4 is 5.32 Å². The third-order valence-electron chi connectivity index (χ3n) is 4.49. The summed E-state index contributed by atoms with van der Waals surface area (Å²) in [5.41, 5.74) is 0.227. The molecule has 0 aliphatic carbocycles. The molecule has 0 saturated carbocycles. The number of para-hydroxylation sites is 1. The van der Waals surface area contributed by atoms with E-state index in [2.05, 4.69) is 15.2 Å². The van der Waals surface area contributed by atoms with Gasteiger partial charge in [-0.3, -0.25) is 9.69 Å². The maximum absolute atomic E-state index is 12.7. The van der Waals surface area contributed by atoms with Crippen molar-refractivity contribution in [2.45, 2.75) is 25.8 Å². The molecule has 134 valence electrons. The van der Waals surface area contributed by atoms with Crippen LogP contribution in [0.1, 0.15) is 24.3 Å². The summed E-state index contributed by atoms with van der Waals surface area (Å²) in [6, 6.07) is 7.24. The van der Waals surface area contributed by atoms with Gasteiger partial charge in [0.05, 0.1) is 18.8 Å². The molecular weight excluding hydrogens is 338 g/mol. The van der Waals surface area contributed by atoms with Crippen molar-refractivity contribution in [1.29, 1.82) is 0 Å². The topological polar surface area (TPSA) is 74.7 Å². The van der Waals surface area contributed by atoms with E-state index in [4.69, 9.17) is 4.74 Å². The first-order valence-corrected chi connectivity index (χ1v) is 9.14. The lowest BCUT2D eigenvalue weighted by molar-refractivity contribution is -0.129. The van der Waals surface area contributed by atoms with E-state index >= 15 is 0 Å². The fourth-order valence-electron chi connectivity index (χ4n) is 2.81. The molecule has 1 aromatic carbocycles. The largest absolute Gasteiger partial charge is 0.508 e. The monoisotopic (exact) mass is 361 g/mol. The lowest BCUT2D eigenvalue weighted by atomic mass is 10.0. The third-order valence-corrected chi connectivity index (χ3v) is 5.40. The first kappa shape index (κ1) is 17.8. The second-order valence-corrected chi connectivity index (χ2v) is 7.66. The SMILES string of the molecule is CC(C)(C(=O)Nc1ncc(Cc2ccccc2O)s1)N1CCOCC1. The van der Waals surface area contributed by atoms with Gasteiger partial charge in [0.1, 0.15) is 5.75 Å². The number of phenols is 1. The van der Waals surface area contributed by atoms with Crippen LogP contribution in [0.2, 0.25) is 0 Å². The zero-order valence-electron chi connectivity index (χ0n) is 14.5. The maximum Gasteiger partial charge on any atom is 0.246 e. The minimum Gasteiger partial charge on any atom is -0.508 e. The van der Waals surface area contributed by atoms with Crippen LogP contribution in [0, 0.1) is 0 Å². The van der Waals surface area contributed by atoms with Crippen molar-refractivity contribution in [2.75, 3.05) is 31.6 Å². The smallest absolute Gasteiger partial charge is 0.246 e. The summed E-state index contributed by atoms with van der Waals surface area (Å²) in [4.78, 5) is 20.1. The summed E-state index contributed by atoms with van der Waals surface area (Å²) in [5.74, 6) is 0.202. The first-order chi connectivity index (χ1) is 12.0. The number of amides is 1. The molecule has 0 unspecified atom stereocenters. The minimum absolute atomic E-state index is 0.0714. The molecule has 1 amide bonds. The van der Waals surface area contributed by atoms with E-state index in [0.29, 0.717) is 24.8 Å². The number of morpholine rings is 1. The van der Waals surface area contributed by atoms with Crippen molar-refractivity contribution < 1.29 is 14.6 Å². The normalized spacial score (nSPS) is 15.9. The van der Waals surface area contributed by atoms with Crippen LogP contribution in [-0.4, -0.2) is 52.7 Å². The van der Waals surface area contributed by atoms with Crippen molar-refractivity contribution >= 4 is 22.4 Å². The van der Waals surface area contributed by atoms with E-state index < -0.39 is 5.54 Å². The van der Waals surface area contributed by atoms with Gasteiger partial charge in [-0.1, -0.05) is 18.2 Å². The number of anilines is 1. The van der Waals surface area contributed by atoms with Crippen molar-refractivity contribution in [1.82, 2.24) is 9.88 Å². The number of aromatic hydroxyl groups is 1. The summed E-state index contributed by atoms with van der Waals surface area (Å²) in [7, 11) is 0. The molecule has 0 atom stereocenters. The number of rotatable bonds is 5.